The van der Waals surface area contributed by atoms with Crippen LogP contribution < -0.4 is 14.9 Å². The minimum absolute atomic E-state index is 0.106. The highest BCUT2D eigenvalue weighted by molar-refractivity contribution is 5.91. The van der Waals surface area contributed by atoms with Crippen molar-refractivity contribution in [3.8, 4) is 34.3 Å². The van der Waals surface area contributed by atoms with Crippen molar-refractivity contribution in [3.05, 3.63) is 57.8 Å². The summed E-state index contributed by atoms with van der Waals surface area (Å²) in [6.45, 7) is 4.39. The molecule has 2 aliphatic rings. The molecule has 2 aliphatic heterocycles. The lowest BCUT2D eigenvalue weighted by Crippen LogP contribution is -2.64. The Morgan fingerprint density at radius 3 is 2.21 bits per heavy atom. The zero-order valence-electron chi connectivity index (χ0n) is 26.6. The predicted octanol–water partition coefficient (Wildman–Crippen LogP) is 0.419. The van der Waals surface area contributed by atoms with Gasteiger partial charge in [0.25, 0.3) is 0 Å². The van der Waals surface area contributed by atoms with E-state index in [4.69, 9.17) is 28.1 Å². The highest BCUT2D eigenvalue weighted by Gasteiger charge is 2.51. The summed E-state index contributed by atoms with van der Waals surface area (Å²) in [5.74, 6) is -1.07. The molecule has 0 spiro atoms. The van der Waals surface area contributed by atoms with Crippen LogP contribution in [0.25, 0.3) is 22.3 Å². The number of aliphatic hydroxyl groups excluding tert-OH is 6. The Morgan fingerprint density at radius 1 is 0.896 bits per heavy atom. The first-order valence-corrected chi connectivity index (χ1v) is 15.2. The van der Waals surface area contributed by atoms with Crippen molar-refractivity contribution < 1.29 is 69.0 Å². The van der Waals surface area contributed by atoms with Crippen molar-refractivity contribution >= 4 is 11.0 Å². The molecule has 15 heteroatoms. The molecule has 262 valence electrons. The van der Waals surface area contributed by atoms with Gasteiger partial charge in [0.2, 0.25) is 17.5 Å². The predicted molar refractivity (Wildman–Crippen MR) is 167 cm³/mol. The number of phenols is 2. The van der Waals surface area contributed by atoms with Gasteiger partial charge in [0.05, 0.1) is 19.8 Å². The van der Waals surface area contributed by atoms with E-state index in [9.17, 15) is 45.6 Å². The number of rotatable bonds is 9. The molecule has 0 amide bonds. The molecule has 2 aromatic carbocycles. The van der Waals surface area contributed by atoms with Crippen molar-refractivity contribution in [1.82, 2.24) is 0 Å². The van der Waals surface area contributed by atoms with Gasteiger partial charge in [-0.3, -0.25) is 4.79 Å². The molecule has 0 radical (unpaired) electrons. The van der Waals surface area contributed by atoms with Gasteiger partial charge >= 0.3 is 0 Å². The van der Waals surface area contributed by atoms with Crippen molar-refractivity contribution in [2.75, 3.05) is 13.7 Å². The third-order valence-electron chi connectivity index (χ3n) is 8.41. The van der Waals surface area contributed by atoms with Gasteiger partial charge in [-0.25, -0.2) is 0 Å². The van der Waals surface area contributed by atoms with Crippen LogP contribution in [0.1, 0.15) is 26.3 Å². The van der Waals surface area contributed by atoms with E-state index in [0.717, 1.165) is 11.6 Å². The lowest BCUT2D eigenvalue weighted by molar-refractivity contribution is -0.350. The Hall–Kier alpha value is -3.77. The standard InChI is InChI=1S/C33H40O15/c1-13(2)5-10-17-18(35)11-19(36)21-24(39)31(28(46-29(17)21)15-6-8-16(43-4)9-7-15)48-33-27(42)30(22(37)14(3)44-33)47-32-26(41)25(40)23(38)20(12-34)45-32/h5-9,11,14,20,22-23,25-27,30,32-38,40-42H,10,12H2,1-4H3. The monoisotopic (exact) mass is 676 g/mol. The van der Waals surface area contributed by atoms with E-state index < -0.39 is 84.9 Å². The molecule has 0 aliphatic carbocycles. The van der Waals surface area contributed by atoms with Crippen molar-refractivity contribution in [1.29, 1.82) is 0 Å². The van der Waals surface area contributed by atoms with E-state index in [1.165, 1.54) is 14.0 Å². The number of allylic oxidation sites excluding steroid dienone is 2. The third kappa shape index (κ3) is 6.74. The minimum Gasteiger partial charge on any atom is -0.507 e. The Kier molecular flexibility index (Phi) is 10.6. The first kappa shape index (κ1) is 35.5. The molecule has 10 atom stereocenters. The molecule has 1 aromatic heterocycles. The molecule has 2 saturated heterocycles. The molecule has 5 rings (SSSR count). The Morgan fingerprint density at radius 2 is 1.58 bits per heavy atom. The molecule has 48 heavy (non-hydrogen) atoms. The van der Waals surface area contributed by atoms with Crippen LogP contribution in [0, 0.1) is 0 Å². The van der Waals surface area contributed by atoms with Crippen molar-refractivity contribution in [2.24, 2.45) is 0 Å². The molecule has 3 aromatic rings. The van der Waals surface area contributed by atoms with Crippen LogP contribution >= 0.6 is 0 Å². The van der Waals surface area contributed by atoms with Crippen LogP contribution in [-0.2, 0) is 20.6 Å². The van der Waals surface area contributed by atoms with Crippen LogP contribution in [0.5, 0.6) is 23.0 Å². The van der Waals surface area contributed by atoms with Crippen LogP contribution in [0.15, 0.2) is 51.2 Å². The summed E-state index contributed by atoms with van der Waals surface area (Å²) in [5, 5.41) is 83.8. The third-order valence-corrected chi connectivity index (χ3v) is 8.41. The fraction of sp³-hybridized carbons (Fsp3) is 0.485. The Balaban J connectivity index is 1.58. The Labute approximate surface area is 274 Å². The van der Waals surface area contributed by atoms with Gasteiger partial charge in [-0.05, 0) is 51.5 Å². The zero-order valence-corrected chi connectivity index (χ0v) is 26.6. The quantitative estimate of drug-likeness (QED) is 0.143. The molecular weight excluding hydrogens is 636 g/mol. The van der Waals surface area contributed by atoms with E-state index >= 15 is 0 Å². The number of methoxy groups -OCH3 is 1. The average molecular weight is 677 g/mol. The number of benzene rings is 2. The largest absolute Gasteiger partial charge is 0.507 e. The number of phenolic OH excluding ortho intramolecular Hbond substituents is 2. The lowest BCUT2D eigenvalue weighted by atomic mass is 9.97. The second kappa shape index (κ2) is 14.4. The fourth-order valence-corrected chi connectivity index (χ4v) is 5.62. The summed E-state index contributed by atoms with van der Waals surface area (Å²) >= 11 is 0. The smallest absolute Gasteiger partial charge is 0.239 e. The molecule has 3 heterocycles. The highest BCUT2D eigenvalue weighted by atomic mass is 16.7. The average Bonchev–Trinajstić information content (AvgIpc) is 3.05. The topological polar surface area (TPSA) is 238 Å². The lowest BCUT2D eigenvalue weighted by Gasteiger charge is -2.45. The van der Waals surface area contributed by atoms with Gasteiger partial charge in [0.1, 0.15) is 70.9 Å². The van der Waals surface area contributed by atoms with E-state index in [1.807, 2.05) is 13.8 Å². The number of hydrogen-bond acceptors (Lipinski definition) is 15. The summed E-state index contributed by atoms with van der Waals surface area (Å²) in [6.07, 6.45) is -14.2. The molecule has 0 saturated carbocycles. The fourth-order valence-electron chi connectivity index (χ4n) is 5.62. The van der Waals surface area contributed by atoms with Gasteiger partial charge in [0, 0.05) is 17.2 Å². The maximum Gasteiger partial charge on any atom is 0.239 e. The minimum atomic E-state index is -1.87. The van der Waals surface area contributed by atoms with Crippen molar-refractivity contribution in [3.63, 3.8) is 0 Å². The summed E-state index contributed by atoms with van der Waals surface area (Å²) in [5.41, 5.74) is 0.479. The number of aromatic hydroxyl groups is 2. The number of fused-ring (bicyclic) bond motifs is 1. The second-order valence-corrected chi connectivity index (χ2v) is 12.0. The molecule has 2 fully saturated rings. The normalized spacial score (nSPS) is 30.6. The van der Waals surface area contributed by atoms with E-state index in [2.05, 4.69) is 0 Å². The van der Waals surface area contributed by atoms with Crippen molar-refractivity contribution in [2.45, 2.75) is 88.6 Å². The maximum absolute atomic E-state index is 14.2. The van der Waals surface area contributed by atoms with Crippen LogP contribution in [0.4, 0.5) is 0 Å². The summed E-state index contributed by atoms with van der Waals surface area (Å²) < 4.78 is 34.3. The highest BCUT2D eigenvalue weighted by Crippen LogP contribution is 2.40. The van der Waals surface area contributed by atoms with E-state index in [1.54, 1.807) is 30.3 Å². The van der Waals surface area contributed by atoms with Gasteiger partial charge in [0.15, 0.2) is 12.1 Å². The first-order chi connectivity index (χ1) is 22.8. The van der Waals surface area contributed by atoms with Crippen LogP contribution in [0.3, 0.4) is 0 Å². The van der Waals surface area contributed by atoms with Gasteiger partial charge < -0.3 is 69.0 Å². The number of ether oxygens (including phenoxy) is 5. The molecule has 8 N–H and O–H groups in total. The van der Waals surface area contributed by atoms with Crippen LogP contribution in [-0.4, -0.2) is 116 Å². The molecule has 0 bridgehead atoms. The van der Waals surface area contributed by atoms with Gasteiger partial charge in [-0.15, -0.1) is 0 Å². The van der Waals surface area contributed by atoms with E-state index in [-0.39, 0.29) is 34.5 Å². The Bertz CT molecular complexity index is 1680. The first-order valence-electron chi connectivity index (χ1n) is 15.2. The number of aliphatic hydroxyl groups is 6. The number of hydrogen-bond donors (Lipinski definition) is 8. The summed E-state index contributed by atoms with van der Waals surface area (Å²) in [6, 6.07) is 7.36. The second-order valence-electron chi connectivity index (χ2n) is 12.0. The maximum atomic E-state index is 14.2. The SMILES string of the molecule is COc1ccc(-c2oc3c(CC=C(C)C)c(O)cc(O)c3c(=O)c2OC2OC(C)C(O)C(OC3OC(CO)C(O)C(O)C3O)C2O)cc1. The van der Waals surface area contributed by atoms with Gasteiger partial charge in [-0.1, -0.05) is 11.6 Å². The van der Waals surface area contributed by atoms with Crippen LogP contribution in [0.2, 0.25) is 0 Å². The van der Waals surface area contributed by atoms with Gasteiger partial charge in [-0.2, -0.15) is 0 Å². The molecule has 10 unspecified atom stereocenters. The van der Waals surface area contributed by atoms with E-state index in [0.29, 0.717) is 11.3 Å². The molecular formula is C33H40O15. The summed E-state index contributed by atoms with van der Waals surface area (Å²) in [7, 11) is 1.47. The zero-order chi connectivity index (χ0) is 35.0. The molecule has 15 nitrogen and oxygen atoms in total. The summed E-state index contributed by atoms with van der Waals surface area (Å²) in [4.78, 5) is 14.2.